The highest BCUT2D eigenvalue weighted by molar-refractivity contribution is 6.67. The van der Waals surface area contributed by atoms with Gasteiger partial charge in [-0.05, 0) is 30.5 Å². The lowest BCUT2D eigenvalue weighted by atomic mass is 10.1. The molecule has 1 aromatic rings. The minimum absolute atomic E-state index is 0.301. The van der Waals surface area contributed by atoms with Crippen LogP contribution in [-0.2, 0) is 11.3 Å². The minimum Gasteiger partial charge on any atom is -0.496 e. The van der Waals surface area contributed by atoms with Gasteiger partial charge in [0.1, 0.15) is 12.4 Å². The molecule has 1 N–H and O–H groups in total. The van der Waals surface area contributed by atoms with E-state index in [2.05, 4.69) is 5.32 Å². The predicted octanol–water partition coefficient (Wildman–Crippen LogP) is 3.91. The highest BCUT2D eigenvalue weighted by Crippen LogP contribution is 2.26. The Balaban J connectivity index is 2.56. The third-order valence-corrected chi connectivity index (χ3v) is 2.86. The number of nitrogens with one attached hydrogen (secondary N) is 1. The Morgan fingerprint density at radius 1 is 1.25 bits per heavy atom. The monoisotopic (exact) mass is 339 g/mol. The first-order chi connectivity index (χ1) is 9.23. The van der Waals surface area contributed by atoms with Crippen LogP contribution in [0.1, 0.15) is 16.7 Å². The van der Waals surface area contributed by atoms with Crippen molar-refractivity contribution in [1.29, 1.82) is 0 Å². The van der Waals surface area contributed by atoms with E-state index < -0.39 is 9.89 Å². The Morgan fingerprint density at radius 2 is 1.80 bits per heavy atom. The Bertz CT molecular complexity index is 463. The van der Waals surface area contributed by atoms with Gasteiger partial charge in [-0.15, -0.1) is 0 Å². The van der Waals surface area contributed by atoms with E-state index in [1.54, 1.807) is 7.11 Å². The van der Waals surface area contributed by atoms with Gasteiger partial charge in [0.25, 0.3) is 0 Å². The number of ether oxygens (including phenoxy) is 2. The molecule has 0 bridgehead atoms. The second-order valence-corrected chi connectivity index (χ2v) is 6.82. The summed E-state index contributed by atoms with van der Waals surface area (Å²) in [7, 11) is 1.63. The van der Waals surface area contributed by atoms with E-state index in [1.807, 2.05) is 26.0 Å². The van der Waals surface area contributed by atoms with E-state index >= 15 is 0 Å². The van der Waals surface area contributed by atoms with Crippen LogP contribution in [0.25, 0.3) is 0 Å². The molecule has 0 heterocycles. The molecule has 20 heavy (non-hydrogen) atoms. The van der Waals surface area contributed by atoms with Crippen molar-refractivity contribution in [3.05, 3.63) is 28.8 Å². The van der Waals surface area contributed by atoms with Crippen molar-refractivity contribution < 1.29 is 14.3 Å². The van der Waals surface area contributed by atoms with Crippen LogP contribution >= 0.6 is 34.8 Å². The molecule has 1 rings (SSSR count). The number of methoxy groups -OCH3 is 1. The summed E-state index contributed by atoms with van der Waals surface area (Å²) in [5.41, 5.74) is 2.93. The Hall–Kier alpha value is -0.840. The summed E-state index contributed by atoms with van der Waals surface area (Å²) in [5, 5.41) is 2.59. The molecule has 0 aromatic heterocycles. The number of halogens is 3. The first-order valence-corrected chi connectivity index (χ1v) is 6.98. The molecule has 1 amide bonds. The molecular formula is C13H16Cl3NO3. The molecule has 0 saturated carbocycles. The fourth-order valence-electron chi connectivity index (χ4n) is 1.84. The van der Waals surface area contributed by atoms with Crippen LogP contribution in [0.15, 0.2) is 12.1 Å². The molecule has 0 fully saturated rings. The van der Waals surface area contributed by atoms with E-state index in [1.165, 1.54) is 0 Å². The van der Waals surface area contributed by atoms with Crippen molar-refractivity contribution in [3.63, 3.8) is 0 Å². The van der Waals surface area contributed by atoms with Gasteiger partial charge in [0.2, 0.25) is 3.79 Å². The van der Waals surface area contributed by atoms with E-state index in [-0.39, 0.29) is 6.61 Å². The van der Waals surface area contributed by atoms with E-state index in [9.17, 15) is 4.79 Å². The Kier molecular flexibility index (Phi) is 6.24. The maximum absolute atomic E-state index is 11.4. The molecule has 0 aliphatic heterocycles. The second-order valence-electron chi connectivity index (χ2n) is 4.31. The van der Waals surface area contributed by atoms with Crippen LogP contribution in [0.3, 0.4) is 0 Å². The van der Waals surface area contributed by atoms with Gasteiger partial charge in [0.05, 0.1) is 7.11 Å². The van der Waals surface area contributed by atoms with Crippen LogP contribution in [0.4, 0.5) is 4.79 Å². The van der Waals surface area contributed by atoms with Crippen molar-refractivity contribution in [1.82, 2.24) is 5.32 Å². The summed E-state index contributed by atoms with van der Waals surface area (Å²) in [6.45, 7) is 3.90. The number of alkyl halides is 3. The molecular weight excluding hydrogens is 325 g/mol. The van der Waals surface area contributed by atoms with Gasteiger partial charge in [0, 0.05) is 6.54 Å². The summed E-state index contributed by atoms with van der Waals surface area (Å²) in [6, 6.07) is 3.86. The van der Waals surface area contributed by atoms with Crippen molar-refractivity contribution in [2.45, 2.75) is 24.2 Å². The normalized spacial score (nSPS) is 11.1. The standard InChI is InChI=1S/C13H16Cl3NO3/c1-8-4-10(5-9(2)11(8)19-3)6-17-12(18)20-7-13(14,15)16/h4-5H,6-7H2,1-3H3,(H,17,18). The average Bonchev–Trinajstić information content (AvgIpc) is 2.32. The summed E-state index contributed by atoms with van der Waals surface area (Å²) >= 11 is 16.4. The Labute approximate surface area is 133 Å². The lowest BCUT2D eigenvalue weighted by Crippen LogP contribution is -2.27. The highest BCUT2D eigenvalue weighted by atomic mass is 35.6. The number of carbonyl (C=O) groups is 1. The second kappa shape index (κ2) is 7.25. The fourth-order valence-corrected chi connectivity index (χ4v) is 2.00. The van der Waals surface area contributed by atoms with E-state index in [0.717, 1.165) is 22.4 Å². The number of benzene rings is 1. The van der Waals surface area contributed by atoms with Gasteiger partial charge in [-0.1, -0.05) is 46.9 Å². The van der Waals surface area contributed by atoms with Crippen LogP contribution in [0.2, 0.25) is 0 Å². The molecule has 0 unspecified atom stereocenters. The average molecular weight is 341 g/mol. The lowest BCUT2D eigenvalue weighted by Gasteiger charge is -2.13. The lowest BCUT2D eigenvalue weighted by molar-refractivity contribution is 0.148. The third kappa shape index (κ3) is 5.65. The van der Waals surface area contributed by atoms with Crippen molar-refractivity contribution in [2.24, 2.45) is 0 Å². The zero-order valence-electron chi connectivity index (χ0n) is 11.4. The molecule has 1 aromatic carbocycles. The quantitative estimate of drug-likeness (QED) is 0.845. The smallest absolute Gasteiger partial charge is 0.407 e. The van der Waals surface area contributed by atoms with Gasteiger partial charge in [-0.3, -0.25) is 0 Å². The molecule has 0 saturated heterocycles. The van der Waals surface area contributed by atoms with Crippen LogP contribution < -0.4 is 10.1 Å². The van der Waals surface area contributed by atoms with Crippen molar-refractivity contribution in [2.75, 3.05) is 13.7 Å². The molecule has 112 valence electrons. The summed E-state index contributed by atoms with van der Waals surface area (Å²) in [4.78, 5) is 11.4. The van der Waals surface area contributed by atoms with Crippen LogP contribution in [-0.4, -0.2) is 23.6 Å². The number of hydrogen-bond donors (Lipinski definition) is 1. The molecule has 0 atom stereocenters. The number of aryl methyl sites for hydroxylation is 2. The first kappa shape index (κ1) is 17.2. The number of alkyl carbamates (subject to hydrolysis) is 1. The maximum atomic E-state index is 11.4. The highest BCUT2D eigenvalue weighted by Gasteiger charge is 2.22. The van der Waals surface area contributed by atoms with E-state index in [0.29, 0.717) is 6.54 Å². The van der Waals surface area contributed by atoms with Gasteiger partial charge >= 0.3 is 6.09 Å². The van der Waals surface area contributed by atoms with Crippen molar-refractivity contribution in [3.8, 4) is 5.75 Å². The SMILES string of the molecule is COc1c(C)cc(CNC(=O)OCC(Cl)(Cl)Cl)cc1C. The fraction of sp³-hybridized carbons (Fsp3) is 0.462. The number of rotatable bonds is 4. The predicted molar refractivity (Wildman–Crippen MR) is 80.9 cm³/mol. The summed E-state index contributed by atoms with van der Waals surface area (Å²) in [5.74, 6) is 0.840. The van der Waals surface area contributed by atoms with Crippen LogP contribution in [0.5, 0.6) is 5.75 Å². The van der Waals surface area contributed by atoms with E-state index in [4.69, 9.17) is 44.3 Å². The number of carbonyl (C=O) groups excluding carboxylic acids is 1. The first-order valence-electron chi connectivity index (χ1n) is 5.84. The number of hydrogen-bond acceptors (Lipinski definition) is 3. The van der Waals surface area contributed by atoms with Crippen LogP contribution in [0, 0.1) is 13.8 Å². The van der Waals surface area contributed by atoms with Crippen molar-refractivity contribution >= 4 is 40.9 Å². The summed E-state index contributed by atoms with van der Waals surface area (Å²) < 4.78 is 8.43. The zero-order valence-corrected chi connectivity index (χ0v) is 13.7. The largest absolute Gasteiger partial charge is 0.496 e. The minimum atomic E-state index is -1.61. The zero-order chi connectivity index (χ0) is 15.3. The molecule has 7 heteroatoms. The molecule has 0 aliphatic carbocycles. The Morgan fingerprint density at radius 3 is 2.25 bits per heavy atom. The van der Waals surface area contributed by atoms with Gasteiger partial charge in [-0.2, -0.15) is 0 Å². The summed E-state index contributed by atoms with van der Waals surface area (Å²) in [6.07, 6.45) is -0.637. The van der Waals surface area contributed by atoms with Gasteiger partial charge in [0.15, 0.2) is 0 Å². The molecule has 4 nitrogen and oxygen atoms in total. The molecule has 0 aliphatic rings. The topological polar surface area (TPSA) is 47.6 Å². The van der Waals surface area contributed by atoms with Gasteiger partial charge < -0.3 is 14.8 Å². The third-order valence-electron chi connectivity index (χ3n) is 2.53. The molecule has 0 radical (unpaired) electrons. The van der Waals surface area contributed by atoms with Gasteiger partial charge in [-0.25, -0.2) is 4.79 Å². The number of amides is 1. The molecule has 0 spiro atoms. The maximum Gasteiger partial charge on any atom is 0.407 e.